The van der Waals surface area contributed by atoms with E-state index in [4.69, 9.17) is 21.4 Å². The Labute approximate surface area is 91.4 Å². The Morgan fingerprint density at radius 3 is 2.67 bits per heavy atom. The Balaban J connectivity index is 2.97. The first-order valence-electron chi connectivity index (χ1n) is 4.13. The van der Waals surface area contributed by atoms with Gasteiger partial charge >= 0.3 is 5.97 Å². The summed E-state index contributed by atoms with van der Waals surface area (Å²) < 4.78 is 4.98. The molecule has 4 nitrogen and oxygen atoms in total. The van der Waals surface area contributed by atoms with Gasteiger partial charge in [-0.3, -0.25) is 4.79 Å². The van der Waals surface area contributed by atoms with Crippen molar-refractivity contribution in [3.63, 3.8) is 0 Å². The fourth-order valence-corrected chi connectivity index (χ4v) is 1.33. The molecule has 0 aliphatic rings. The third-order valence-corrected chi connectivity index (χ3v) is 2.07. The fourth-order valence-electron chi connectivity index (χ4n) is 1.13. The molecule has 15 heavy (non-hydrogen) atoms. The smallest absolute Gasteiger partial charge is 0.372 e. The number of carbonyl (C=O) groups is 2. The first-order chi connectivity index (χ1) is 7.04. The molecule has 0 fully saturated rings. The Bertz CT molecular complexity index is 400. The SMILES string of the molecule is COc1ccc(Cl)cc1CC(=O)C(=O)O. The Morgan fingerprint density at radius 2 is 2.13 bits per heavy atom. The van der Waals surface area contributed by atoms with Gasteiger partial charge in [-0.25, -0.2) is 4.79 Å². The lowest BCUT2D eigenvalue weighted by atomic mass is 10.1. The number of Topliss-reactive ketones (excluding diaryl/α,β-unsaturated/α-hetero) is 1. The second-order valence-corrected chi connectivity index (χ2v) is 3.30. The zero-order valence-electron chi connectivity index (χ0n) is 7.99. The normalized spacial score (nSPS) is 9.73. The van der Waals surface area contributed by atoms with Crippen LogP contribution in [0, 0.1) is 0 Å². The zero-order chi connectivity index (χ0) is 11.4. The topological polar surface area (TPSA) is 63.6 Å². The maximum atomic E-state index is 11.0. The molecule has 1 aromatic rings. The maximum Gasteiger partial charge on any atom is 0.372 e. The van der Waals surface area contributed by atoms with Crippen molar-refractivity contribution < 1.29 is 19.4 Å². The molecule has 1 rings (SSSR count). The van der Waals surface area contributed by atoms with Crippen LogP contribution in [0.5, 0.6) is 5.75 Å². The van der Waals surface area contributed by atoms with Crippen molar-refractivity contribution in [1.29, 1.82) is 0 Å². The average molecular weight is 229 g/mol. The standard InChI is InChI=1S/C10H9ClO4/c1-15-9-3-2-7(11)4-6(9)5-8(12)10(13)14/h2-4H,5H2,1H3,(H,13,14). The number of carboxylic acids is 1. The molecule has 0 aliphatic heterocycles. The number of ketones is 1. The molecule has 0 spiro atoms. The molecular weight excluding hydrogens is 220 g/mol. The summed E-state index contributed by atoms with van der Waals surface area (Å²) in [5, 5.41) is 8.89. The summed E-state index contributed by atoms with van der Waals surface area (Å²) in [6, 6.07) is 4.71. The van der Waals surface area contributed by atoms with Crippen LogP contribution in [0.3, 0.4) is 0 Å². The highest BCUT2D eigenvalue weighted by Gasteiger charge is 2.15. The lowest BCUT2D eigenvalue weighted by molar-refractivity contribution is -0.148. The van der Waals surface area contributed by atoms with Gasteiger partial charge in [0.05, 0.1) is 7.11 Å². The fraction of sp³-hybridized carbons (Fsp3) is 0.200. The third kappa shape index (κ3) is 2.95. The van der Waals surface area contributed by atoms with E-state index in [-0.39, 0.29) is 6.42 Å². The van der Waals surface area contributed by atoms with Crippen LogP contribution in [0.25, 0.3) is 0 Å². The van der Waals surface area contributed by atoms with Gasteiger partial charge in [0.25, 0.3) is 0 Å². The van der Waals surface area contributed by atoms with Gasteiger partial charge < -0.3 is 9.84 Å². The molecular formula is C10H9ClO4. The van der Waals surface area contributed by atoms with Crippen LogP contribution in [-0.2, 0) is 16.0 Å². The van der Waals surface area contributed by atoms with Crippen LogP contribution in [0.15, 0.2) is 18.2 Å². The summed E-state index contributed by atoms with van der Waals surface area (Å²) in [7, 11) is 1.44. The number of carbonyl (C=O) groups excluding carboxylic acids is 1. The number of ether oxygens (including phenoxy) is 1. The number of hydrogen-bond acceptors (Lipinski definition) is 3. The van der Waals surface area contributed by atoms with E-state index in [9.17, 15) is 9.59 Å². The van der Waals surface area contributed by atoms with Crippen LogP contribution in [-0.4, -0.2) is 24.0 Å². The first kappa shape index (κ1) is 11.5. The molecule has 1 N–H and O–H groups in total. The lowest BCUT2D eigenvalue weighted by Crippen LogP contribution is -2.15. The first-order valence-corrected chi connectivity index (χ1v) is 4.51. The molecule has 0 bridgehead atoms. The molecule has 0 aromatic heterocycles. The predicted octanol–water partition coefficient (Wildman–Crippen LogP) is 1.54. The van der Waals surface area contributed by atoms with Crippen molar-refractivity contribution in [2.75, 3.05) is 7.11 Å². The van der Waals surface area contributed by atoms with Gasteiger partial charge in [0.1, 0.15) is 5.75 Å². The summed E-state index contributed by atoms with van der Waals surface area (Å²) in [6.07, 6.45) is -0.223. The Morgan fingerprint density at radius 1 is 1.47 bits per heavy atom. The van der Waals surface area contributed by atoms with E-state index in [0.29, 0.717) is 16.3 Å². The summed E-state index contributed by atoms with van der Waals surface area (Å²) in [5.74, 6) is -1.90. The third-order valence-electron chi connectivity index (χ3n) is 1.83. The van der Waals surface area contributed by atoms with E-state index >= 15 is 0 Å². The van der Waals surface area contributed by atoms with E-state index in [2.05, 4.69) is 0 Å². The van der Waals surface area contributed by atoms with Gasteiger partial charge in [-0.1, -0.05) is 11.6 Å². The Kier molecular flexibility index (Phi) is 3.68. The van der Waals surface area contributed by atoms with Crippen LogP contribution in [0.1, 0.15) is 5.56 Å². The summed E-state index contributed by atoms with van der Waals surface area (Å²) in [5.41, 5.74) is 0.470. The van der Waals surface area contributed by atoms with E-state index in [0.717, 1.165) is 0 Å². The van der Waals surface area contributed by atoms with Gasteiger partial charge in [-0.15, -0.1) is 0 Å². The predicted molar refractivity (Wildman–Crippen MR) is 54.4 cm³/mol. The maximum absolute atomic E-state index is 11.0. The van der Waals surface area contributed by atoms with Crippen molar-refractivity contribution >= 4 is 23.4 Å². The largest absolute Gasteiger partial charge is 0.496 e. The lowest BCUT2D eigenvalue weighted by Gasteiger charge is -2.06. The summed E-state index contributed by atoms with van der Waals surface area (Å²) >= 11 is 5.72. The quantitative estimate of drug-likeness (QED) is 0.794. The summed E-state index contributed by atoms with van der Waals surface area (Å²) in [6.45, 7) is 0. The van der Waals surface area contributed by atoms with Crippen molar-refractivity contribution in [3.05, 3.63) is 28.8 Å². The van der Waals surface area contributed by atoms with Gasteiger partial charge in [-0.05, 0) is 18.2 Å². The number of hydrogen-bond donors (Lipinski definition) is 1. The molecule has 0 unspecified atom stereocenters. The molecule has 0 saturated carbocycles. The number of benzene rings is 1. The van der Waals surface area contributed by atoms with E-state index < -0.39 is 11.8 Å². The minimum absolute atomic E-state index is 0.223. The molecule has 80 valence electrons. The molecule has 5 heteroatoms. The minimum Gasteiger partial charge on any atom is -0.496 e. The van der Waals surface area contributed by atoms with Crippen LogP contribution < -0.4 is 4.74 Å². The molecule has 0 saturated heterocycles. The highest BCUT2D eigenvalue weighted by Crippen LogP contribution is 2.23. The molecule has 0 radical (unpaired) electrons. The molecule has 1 aromatic carbocycles. The van der Waals surface area contributed by atoms with Gasteiger partial charge in [0.2, 0.25) is 5.78 Å². The highest BCUT2D eigenvalue weighted by molar-refractivity contribution is 6.33. The van der Waals surface area contributed by atoms with Crippen molar-refractivity contribution in [2.45, 2.75) is 6.42 Å². The molecule has 0 aliphatic carbocycles. The average Bonchev–Trinajstić information content (AvgIpc) is 2.18. The van der Waals surface area contributed by atoms with Gasteiger partial charge in [-0.2, -0.15) is 0 Å². The molecule has 0 heterocycles. The van der Waals surface area contributed by atoms with E-state index in [1.54, 1.807) is 12.1 Å². The van der Waals surface area contributed by atoms with Crippen molar-refractivity contribution in [2.24, 2.45) is 0 Å². The number of methoxy groups -OCH3 is 1. The second-order valence-electron chi connectivity index (χ2n) is 2.86. The van der Waals surface area contributed by atoms with Crippen LogP contribution in [0.2, 0.25) is 5.02 Å². The summed E-state index contributed by atoms with van der Waals surface area (Å²) in [4.78, 5) is 21.4. The Hall–Kier alpha value is -1.55. The minimum atomic E-state index is -1.46. The zero-order valence-corrected chi connectivity index (χ0v) is 8.75. The van der Waals surface area contributed by atoms with Gasteiger partial charge in [0.15, 0.2) is 0 Å². The molecule has 0 atom stereocenters. The van der Waals surface area contributed by atoms with Crippen LogP contribution in [0.4, 0.5) is 0 Å². The number of carboxylic acid groups (broad SMARTS) is 1. The highest BCUT2D eigenvalue weighted by atomic mass is 35.5. The molecule has 0 amide bonds. The number of aliphatic carboxylic acids is 1. The van der Waals surface area contributed by atoms with E-state index in [1.807, 2.05) is 0 Å². The number of halogens is 1. The number of rotatable bonds is 4. The van der Waals surface area contributed by atoms with Gasteiger partial charge in [0, 0.05) is 17.0 Å². The van der Waals surface area contributed by atoms with Crippen molar-refractivity contribution in [3.8, 4) is 5.75 Å². The second kappa shape index (κ2) is 4.79. The van der Waals surface area contributed by atoms with E-state index in [1.165, 1.54) is 13.2 Å². The van der Waals surface area contributed by atoms with Crippen LogP contribution >= 0.6 is 11.6 Å². The monoisotopic (exact) mass is 228 g/mol. The van der Waals surface area contributed by atoms with Crippen molar-refractivity contribution in [1.82, 2.24) is 0 Å².